The second kappa shape index (κ2) is 9.36. The van der Waals surface area contributed by atoms with E-state index in [1.165, 1.54) is 11.1 Å². The van der Waals surface area contributed by atoms with Crippen LogP contribution in [0.1, 0.15) is 58.1 Å². The van der Waals surface area contributed by atoms with E-state index >= 15 is 0 Å². The first kappa shape index (κ1) is 26.4. The normalized spacial score (nSPS) is 20.7. The Bertz CT molecular complexity index is 1250. The van der Waals surface area contributed by atoms with E-state index in [9.17, 15) is 32.8 Å². The van der Waals surface area contributed by atoms with Crippen molar-refractivity contribution in [2.75, 3.05) is 6.54 Å². The zero-order valence-corrected chi connectivity index (χ0v) is 20.8. The van der Waals surface area contributed by atoms with Crippen LogP contribution < -0.4 is 10.6 Å². The van der Waals surface area contributed by atoms with Gasteiger partial charge < -0.3 is 15.5 Å². The molecule has 1 aliphatic carbocycles. The molecule has 2 fully saturated rings. The van der Waals surface area contributed by atoms with Gasteiger partial charge in [-0.05, 0) is 48.6 Å². The topological polar surface area (TPSA) is 120 Å². The number of rotatable bonds is 5. The van der Waals surface area contributed by atoms with Crippen molar-refractivity contribution < 1.29 is 27.6 Å². The summed E-state index contributed by atoms with van der Waals surface area (Å²) in [7, 11) is 0. The minimum Gasteiger partial charge on any atom is -0.336 e. The molecule has 2 aromatic rings. The number of alkyl halides is 3. The first-order valence-electron chi connectivity index (χ1n) is 12.1. The van der Waals surface area contributed by atoms with E-state index in [4.69, 9.17) is 0 Å². The zero-order chi connectivity index (χ0) is 27.2. The van der Waals surface area contributed by atoms with Gasteiger partial charge in [0.1, 0.15) is 18.1 Å². The molecule has 2 aromatic heterocycles. The number of hydrogen-bond acceptors (Lipinski definition) is 5. The molecular weight excluding hydrogens is 489 g/mol. The third-order valence-corrected chi connectivity index (χ3v) is 7.26. The number of aromatic nitrogens is 2. The fraction of sp³-hybridized carbons (Fsp3) is 0.560. The van der Waals surface area contributed by atoms with E-state index in [1.807, 2.05) is 5.32 Å². The Labute approximate surface area is 212 Å². The Kier molecular flexibility index (Phi) is 6.69. The van der Waals surface area contributed by atoms with Crippen LogP contribution in [0, 0.1) is 22.2 Å². The van der Waals surface area contributed by atoms with Crippen LogP contribution in [-0.2, 0) is 14.4 Å². The van der Waals surface area contributed by atoms with Crippen LogP contribution in [0.2, 0.25) is 0 Å². The molecule has 1 saturated carbocycles. The number of hydrogen-bond donors (Lipinski definition) is 2. The van der Waals surface area contributed by atoms with Gasteiger partial charge in [-0.2, -0.15) is 23.5 Å². The number of nitrogens with one attached hydrogen (secondary N) is 2. The van der Waals surface area contributed by atoms with Gasteiger partial charge in [0.15, 0.2) is 0 Å². The summed E-state index contributed by atoms with van der Waals surface area (Å²) >= 11 is 0. The third kappa shape index (κ3) is 5.40. The van der Waals surface area contributed by atoms with Crippen LogP contribution in [0.25, 0.3) is 5.52 Å². The second-order valence-corrected chi connectivity index (χ2v) is 11.0. The fourth-order valence-corrected chi connectivity index (χ4v) is 4.89. The Morgan fingerprint density at radius 1 is 1.16 bits per heavy atom. The van der Waals surface area contributed by atoms with E-state index in [1.54, 1.807) is 49.7 Å². The molecule has 1 saturated heterocycles. The smallest absolute Gasteiger partial charge is 0.336 e. The van der Waals surface area contributed by atoms with Gasteiger partial charge in [-0.25, -0.2) is 4.52 Å². The highest BCUT2D eigenvalue weighted by Crippen LogP contribution is 2.55. The third-order valence-electron chi connectivity index (χ3n) is 7.26. The molecule has 1 spiro atoms. The molecule has 3 heterocycles. The summed E-state index contributed by atoms with van der Waals surface area (Å²) < 4.78 is 40.6. The molecular formula is C25H29F3N6O3. The monoisotopic (exact) mass is 518 g/mol. The minimum absolute atomic E-state index is 0.0994. The highest BCUT2D eigenvalue weighted by Gasteiger charge is 2.53. The van der Waals surface area contributed by atoms with Crippen LogP contribution in [0.15, 0.2) is 30.6 Å². The van der Waals surface area contributed by atoms with Crippen LogP contribution in [0.3, 0.4) is 0 Å². The van der Waals surface area contributed by atoms with Gasteiger partial charge in [-0.1, -0.05) is 26.8 Å². The quantitative estimate of drug-likeness (QED) is 0.631. The maximum Gasteiger partial charge on any atom is 0.471 e. The fourth-order valence-electron chi connectivity index (χ4n) is 4.89. The van der Waals surface area contributed by atoms with Gasteiger partial charge in [0.05, 0.1) is 17.8 Å². The van der Waals surface area contributed by atoms with Crippen molar-refractivity contribution in [3.8, 4) is 6.07 Å². The standard InChI is InChI=1S/C25H29F3N6O3/c1-23(2,3)19(32-22(37)25(26,27)28)21(36)33-11-9-24(7-8-24)12-18(33)20(35)31-16(13-29)15-14-30-34-10-5-4-6-17(15)34/h4-6,10,14,16,18-19H,7-9,11-12H2,1-3H3,(H,31,35)(H,32,37). The van der Waals surface area contributed by atoms with Crippen molar-refractivity contribution in [2.24, 2.45) is 10.8 Å². The molecule has 4 rings (SSSR count). The Morgan fingerprint density at radius 2 is 1.86 bits per heavy atom. The number of carbonyl (C=O) groups excluding carboxylic acids is 3. The molecule has 37 heavy (non-hydrogen) atoms. The Morgan fingerprint density at radius 3 is 2.46 bits per heavy atom. The predicted octanol–water partition coefficient (Wildman–Crippen LogP) is 2.88. The van der Waals surface area contributed by atoms with E-state index in [0.717, 1.165) is 12.8 Å². The Hall–Kier alpha value is -3.62. The number of likely N-dealkylation sites (tertiary alicyclic amines) is 1. The van der Waals surface area contributed by atoms with E-state index in [-0.39, 0.29) is 12.0 Å². The molecule has 9 nitrogen and oxygen atoms in total. The average Bonchev–Trinajstić information content (AvgIpc) is 3.44. The van der Waals surface area contributed by atoms with Crippen molar-refractivity contribution in [1.29, 1.82) is 5.26 Å². The number of nitriles is 1. The molecule has 198 valence electrons. The van der Waals surface area contributed by atoms with Gasteiger partial charge in [-0.15, -0.1) is 0 Å². The van der Waals surface area contributed by atoms with Crippen LogP contribution in [0.4, 0.5) is 13.2 Å². The summed E-state index contributed by atoms with van der Waals surface area (Å²) in [6.45, 7) is 4.80. The number of carbonyl (C=O) groups is 3. The van der Waals surface area contributed by atoms with E-state index in [0.29, 0.717) is 23.9 Å². The van der Waals surface area contributed by atoms with Crippen molar-refractivity contribution in [3.63, 3.8) is 0 Å². The van der Waals surface area contributed by atoms with Gasteiger partial charge in [0, 0.05) is 18.3 Å². The summed E-state index contributed by atoms with van der Waals surface area (Å²) in [5.74, 6) is -3.55. The van der Waals surface area contributed by atoms with Gasteiger partial charge in [0.25, 0.3) is 0 Å². The Balaban J connectivity index is 1.60. The van der Waals surface area contributed by atoms with Crippen LogP contribution >= 0.6 is 0 Å². The summed E-state index contributed by atoms with van der Waals surface area (Å²) in [5, 5.41) is 18.6. The lowest BCUT2D eigenvalue weighted by molar-refractivity contribution is -0.176. The second-order valence-electron chi connectivity index (χ2n) is 11.0. The highest BCUT2D eigenvalue weighted by molar-refractivity contribution is 5.94. The SMILES string of the molecule is CC(C)(C)C(NC(=O)C(F)(F)F)C(=O)N1CCC2(CC2)CC1C(=O)NC(C#N)c1cnn2ccccc12. The maximum absolute atomic E-state index is 13.6. The molecule has 2 aliphatic rings. The molecule has 3 atom stereocenters. The van der Waals surface area contributed by atoms with E-state index in [2.05, 4.69) is 16.5 Å². The zero-order valence-electron chi connectivity index (χ0n) is 20.8. The molecule has 0 aromatic carbocycles. The lowest BCUT2D eigenvalue weighted by atomic mass is 9.82. The molecule has 3 amide bonds. The maximum atomic E-state index is 13.6. The van der Waals surface area contributed by atoms with Crippen LogP contribution in [-0.4, -0.2) is 57.0 Å². The largest absolute Gasteiger partial charge is 0.471 e. The van der Waals surface area contributed by atoms with Crippen molar-refractivity contribution >= 4 is 23.2 Å². The van der Waals surface area contributed by atoms with Crippen molar-refractivity contribution in [2.45, 2.75) is 70.8 Å². The number of pyridine rings is 1. The molecule has 0 bridgehead atoms. The summed E-state index contributed by atoms with van der Waals surface area (Å²) in [6.07, 6.45) is 0.760. The molecule has 1 aliphatic heterocycles. The number of amides is 3. The number of piperidine rings is 1. The molecule has 12 heteroatoms. The van der Waals surface area contributed by atoms with Gasteiger partial charge in [-0.3, -0.25) is 14.4 Å². The lowest BCUT2D eigenvalue weighted by Crippen LogP contribution is -2.62. The van der Waals surface area contributed by atoms with Gasteiger partial charge >= 0.3 is 12.1 Å². The van der Waals surface area contributed by atoms with E-state index < -0.39 is 47.4 Å². The summed E-state index contributed by atoms with van der Waals surface area (Å²) in [4.78, 5) is 40.1. The molecule has 3 unspecified atom stereocenters. The summed E-state index contributed by atoms with van der Waals surface area (Å²) in [6, 6.07) is 3.82. The van der Waals surface area contributed by atoms with Crippen molar-refractivity contribution in [1.82, 2.24) is 25.1 Å². The number of nitrogens with zero attached hydrogens (tertiary/aromatic N) is 4. The number of fused-ring (bicyclic) bond motifs is 1. The van der Waals surface area contributed by atoms with Crippen molar-refractivity contribution in [3.05, 3.63) is 36.2 Å². The highest BCUT2D eigenvalue weighted by atomic mass is 19.4. The molecule has 0 radical (unpaired) electrons. The minimum atomic E-state index is -5.16. The first-order valence-corrected chi connectivity index (χ1v) is 12.1. The summed E-state index contributed by atoms with van der Waals surface area (Å²) in [5.41, 5.74) is -0.0406. The van der Waals surface area contributed by atoms with Crippen LogP contribution in [0.5, 0.6) is 0 Å². The van der Waals surface area contributed by atoms with Gasteiger partial charge in [0.2, 0.25) is 11.8 Å². The molecule has 2 N–H and O–H groups in total. The number of halogens is 3. The average molecular weight is 519 g/mol. The lowest BCUT2D eigenvalue weighted by Gasteiger charge is -2.43. The first-order chi connectivity index (χ1) is 17.3. The predicted molar refractivity (Wildman–Crippen MR) is 126 cm³/mol.